The van der Waals surface area contributed by atoms with Crippen LogP contribution in [0.5, 0.6) is 11.5 Å². The number of halogens is 2. The van der Waals surface area contributed by atoms with E-state index in [1.54, 1.807) is 42.5 Å². The van der Waals surface area contributed by atoms with Crippen LogP contribution in [0, 0.1) is 18.3 Å². The predicted octanol–water partition coefficient (Wildman–Crippen LogP) is 6.83. The molecule has 5 nitrogen and oxygen atoms in total. The number of amides is 1. The fourth-order valence-corrected chi connectivity index (χ4v) is 3.41. The number of anilines is 1. The van der Waals surface area contributed by atoms with Gasteiger partial charge in [-0.2, -0.15) is 5.26 Å². The molecule has 7 heteroatoms. The van der Waals surface area contributed by atoms with Gasteiger partial charge in [0.15, 0.2) is 11.5 Å². The Balaban J connectivity index is 1.80. The van der Waals surface area contributed by atoms with Gasteiger partial charge < -0.3 is 14.8 Å². The number of carbonyl (C=O) groups excluding carboxylic acids is 1. The first-order valence-electron chi connectivity index (χ1n) is 10.2. The van der Waals surface area contributed by atoms with Crippen molar-refractivity contribution in [2.24, 2.45) is 0 Å². The normalized spacial score (nSPS) is 10.9. The summed E-state index contributed by atoms with van der Waals surface area (Å²) in [5, 5.41) is 13.4. The van der Waals surface area contributed by atoms with Crippen molar-refractivity contribution >= 4 is 40.9 Å². The number of carbonyl (C=O) groups is 1. The molecule has 3 aromatic rings. The van der Waals surface area contributed by atoms with Gasteiger partial charge in [0.25, 0.3) is 5.91 Å². The van der Waals surface area contributed by atoms with Crippen LogP contribution in [-0.4, -0.2) is 12.5 Å². The Morgan fingerprint density at radius 3 is 2.55 bits per heavy atom. The van der Waals surface area contributed by atoms with E-state index in [9.17, 15) is 10.1 Å². The van der Waals surface area contributed by atoms with Crippen LogP contribution in [0.25, 0.3) is 6.08 Å². The third-order valence-electron chi connectivity index (χ3n) is 4.67. The van der Waals surface area contributed by atoms with E-state index in [-0.39, 0.29) is 5.57 Å². The summed E-state index contributed by atoms with van der Waals surface area (Å²) >= 11 is 12.0. The predicted molar refractivity (Wildman–Crippen MR) is 132 cm³/mol. The molecular formula is C26H22Cl2N2O3. The fourth-order valence-electron chi connectivity index (χ4n) is 3.02. The van der Waals surface area contributed by atoms with E-state index in [0.717, 1.165) is 11.1 Å². The number of nitrogens with one attached hydrogen (secondary N) is 1. The maximum Gasteiger partial charge on any atom is 0.266 e. The van der Waals surface area contributed by atoms with Crippen LogP contribution < -0.4 is 14.8 Å². The molecule has 1 amide bonds. The second-order valence-corrected chi connectivity index (χ2v) is 8.01. The number of nitrogens with zero attached hydrogens (tertiary/aromatic N) is 1. The van der Waals surface area contributed by atoms with E-state index in [0.29, 0.717) is 46.0 Å². The minimum absolute atomic E-state index is 0.0515. The molecule has 0 heterocycles. The number of benzene rings is 3. The Morgan fingerprint density at radius 1 is 1.03 bits per heavy atom. The number of ether oxygens (including phenoxy) is 2. The highest BCUT2D eigenvalue weighted by Gasteiger charge is 2.13. The molecule has 1 N–H and O–H groups in total. The zero-order valence-electron chi connectivity index (χ0n) is 18.2. The quantitative estimate of drug-likeness (QED) is 0.283. The summed E-state index contributed by atoms with van der Waals surface area (Å²) in [4.78, 5) is 12.7. The van der Waals surface area contributed by atoms with Crippen LogP contribution in [0.3, 0.4) is 0 Å². The Labute approximate surface area is 203 Å². The Kier molecular flexibility index (Phi) is 8.37. The van der Waals surface area contributed by atoms with E-state index in [2.05, 4.69) is 5.32 Å². The average Bonchev–Trinajstić information content (AvgIpc) is 2.79. The van der Waals surface area contributed by atoms with Gasteiger partial charge in [0.1, 0.15) is 18.2 Å². The molecule has 0 spiro atoms. The zero-order chi connectivity index (χ0) is 23.8. The van der Waals surface area contributed by atoms with E-state index in [4.69, 9.17) is 32.7 Å². The first kappa shape index (κ1) is 24.2. The van der Waals surface area contributed by atoms with E-state index < -0.39 is 5.91 Å². The second-order valence-electron chi connectivity index (χ2n) is 7.14. The second kappa shape index (κ2) is 11.4. The lowest BCUT2D eigenvalue weighted by molar-refractivity contribution is -0.112. The molecule has 0 saturated carbocycles. The number of aryl methyl sites for hydroxylation is 1. The lowest BCUT2D eigenvalue weighted by Crippen LogP contribution is -2.14. The molecule has 168 valence electrons. The zero-order valence-corrected chi connectivity index (χ0v) is 19.7. The van der Waals surface area contributed by atoms with Crippen LogP contribution in [0.2, 0.25) is 10.0 Å². The van der Waals surface area contributed by atoms with Gasteiger partial charge in [-0.05, 0) is 73.0 Å². The molecule has 0 bridgehead atoms. The van der Waals surface area contributed by atoms with E-state index in [1.165, 1.54) is 6.08 Å². The molecular weight excluding hydrogens is 459 g/mol. The van der Waals surface area contributed by atoms with Crippen molar-refractivity contribution in [1.29, 1.82) is 5.26 Å². The topological polar surface area (TPSA) is 71.3 Å². The molecule has 0 aromatic heterocycles. The standard InChI is InChI=1S/C26H22Cl2N2O3/c1-3-32-25-13-18(8-10-24(25)33-16-19-5-4-6-21(27)12-19)11-20(15-29)26(31)30-23-14-22(28)9-7-17(23)2/h4-14H,3,16H2,1-2H3,(H,30,31)/b20-11+. The van der Waals surface area contributed by atoms with E-state index >= 15 is 0 Å². The number of nitriles is 1. The van der Waals surface area contributed by atoms with Crippen molar-refractivity contribution in [3.8, 4) is 17.6 Å². The first-order valence-corrected chi connectivity index (χ1v) is 11.0. The lowest BCUT2D eigenvalue weighted by atomic mass is 10.1. The van der Waals surface area contributed by atoms with Crippen LogP contribution in [-0.2, 0) is 11.4 Å². The summed E-state index contributed by atoms with van der Waals surface area (Å²) in [6.45, 7) is 4.46. The maximum atomic E-state index is 12.7. The Morgan fingerprint density at radius 2 is 1.82 bits per heavy atom. The Bertz CT molecular complexity index is 1230. The molecule has 0 fully saturated rings. The minimum Gasteiger partial charge on any atom is -0.490 e. The molecule has 0 atom stereocenters. The van der Waals surface area contributed by atoms with Gasteiger partial charge in [-0.3, -0.25) is 4.79 Å². The van der Waals surface area contributed by atoms with Crippen LogP contribution in [0.1, 0.15) is 23.6 Å². The molecule has 3 rings (SSSR count). The summed E-state index contributed by atoms with van der Waals surface area (Å²) < 4.78 is 11.6. The van der Waals surface area contributed by atoms with Crippen molar-refractivity contribution in [2.45, 2.75) is 20.5 Å². The molecule has 0 aliphatic heterocycles. The van der Waals surface area contributed by atoms with Gasteiger partial charge in [-0.25, -0.2) is 0 Å². The van der Waals surface area contributed by atoms with Gasteiger partial charge in [-0.15, -0.1) is 0 Å². The SMILES string of the molecule is CCOc1cc(/C=C(\C#N)C(=O)Nc2cc(Cl)ccc2C)ccc1OCc1cccc(Cl)c1. The molecule has 33 heavy (non-hydrogen) atoms. The molecule has 3 aromatic carbocycles. The third-order valence-corrected chi connectivity index (χ3v) is 5.15. The molecule has 0 unspecified atom stereocenters. The smallest absolute Gasteiger partial charge is 0.266 e. The molecule has 0 aliphatic rings. The van der Waals surface area contributed by atoms with Gasteiger partial charge in [-0.1, -0.05) is 47.5 Å². The van der Waals surface area contributed by atoms with Crippen molar-refractivity contribution < 1.29 is 14.3 Å². The summed E-state index contributed by atoms with van der Waals surface area (Å²) in [5.74, 6) is 0.533. The van der Waals surface area contributed by atoms with Crippen molar-refractivity contribution in [2.75, 3.05) is 11.9 Å². The van der Waals surface area contributed by atoms with E-state index in [1.807, 2.05) is 38.1 Å². The molecule has 0 aliphatic carbocycles. The van der Waals surface area contributed by atoms with Gasteiger partial charge in [0.05, 0.1) is 6.61 Å². The van der Waals surface area contributed by atoms with Crippen LogP contribution in [0.15, 0.2) is 66.2 Å². The fraction of sp³-hybridized carbons (Fsp3) is 0.154. The monoisotopic (exact) mass is 480 g/mol. The highest BCUT2D eigenvalue weighted by Crippen LogP contribution is 2.30. The number of rotatable bonds is 8. The summed E-state index contributed by atoms with van der Waals surface area (Å²) in [5.41, 5.74) is 2.89. The lowest BCUT2D eigenvalue weighted by Gasteiger charge is -2.13. The largest absolute Gasteiger partial charge is 0.490 e. The average molecular weight is 481 g/mol. The third kappa shape index (κ3) is 6.76. The van der Waals surface area contributed by atoms with Gasteiger partial charge >= 0.3 is 0 Å². The summed E-state index contributed by atoms with van der Waals surface area (Å²) in [6, 6.07) is 19.8. The van der Waals surface area contributed by atoms with Gasteiger partial charge in [0.2, 0.25) is 0 Å². The highest BCUT2D eigenvalue weighted by atomic mass is 35.5. The van der Waals surface area contributed by atoms with Crippen molar-refractivity contribution in [3.05, 3.63) is 93.0 Å². The number of hydrogen-bond donors (Lipinski definition) is 1. The molecule has 0 radical (unpaired) electrons. The van der Waals surface area contributed by atoms with Gasteiger partial charge in [0, 0.05) is 15.7 Å². The van der Waals surface area contributed by atoms with Crippen molar-refractivity contribution in [1.82, 2.24) is 0 Å². The maximum absolute atomic E-state index is 12.7. The summed E-state index contributed by atoms with van der Waals surface area (Å²) in [6.07, 6.45) is 1.50. The van der Waals surface area contributed by atoms with Crippen molar-refractivity contribution in [3.63, 3.8) is 0 Å². The highest BCUT2D eigenvalue weighted by molar-refractivity contribution is 6.31. The van der Waals surface area contributed by atoms with Crippen LogP contribution >= 0.6 is 23.2 Å². The minimum atomic E-state index is -0.526. The summed E-state index contributed by atoms with van der Waals surface area (Å²) in [7, 11) is 0. The Hall–Kier alpha value is -3.46. The number of hydrogen-bond acceptors (Lipinski definition) is 4. The first-order chi connectivity index (χ1) is 15.9. The van der Waals surface area contributed by atoms with Crippen LogP contribution in [0.4, 0.5) is 5.69 Å². The molecule has 0 saturated heterocycles.